The zero-order chi connectivity index (χ0) is 18.4. The molecule has 6 nitrogen and oxygen atoms in total. The number of aryl methyl sites for hydroxylation is 2. The zero-order valence-electron chi connectivity index (χ0n) is 15.0. The summed E-state index contributed by atoms with van der Waals surface area (Å²) in [5.41, 5.74) is 6.81. The molecule has 0 bridgehead atoms. The molecule has 1 heterocycles. The van der Waals surface area contributed by atoms with Crippen LogP contribution in [-0.2, 0) is 11.2 Å². The molecule has 132 valence electrons. The van der Waals surface area contributed by atoms with E-state index < -0.39 is 0 Å². The molecule has 1 aromatic carbocycles. The molecule has 25 heavy (non-hydrogen) atoms. The van der Waals surface area contributed by atoms with E-state index in [0.717, 1.165) is 12.0 Å². The Morgan fingerprint density at radius 3 is 2.48 bits per heavy atom. The van der Waals surface area contributed by atoms with Gasteiger partial charge < -0.3 is 9.72 Å². The van der Waals surface area contributed by atoms with Gasteiger partial charge in [-0.1, -0.05) is 19.1 Å². The number of aromatic amines is 1. The molecule has 0 saturated carbocycles. The second-order valence-corrected chi connectivity index (χ2v) is 5.63. The number of ether oxygens (including phenoxy) is 1. The van der Waals surface area contributed by atoms with E-state index in [1.807, 2.05) is 19.1 Å². The molecule has 0 saturated heterocycles. The van der Waals surface area contributed by atoms with Crippen LogP contribution in [0.25, 0.3) is 0 Å². The van der Waals surface area contributed by atoms with Crippen LogP contribution in [0.4, 0.5) is 0 Å². The van der Waals surface area contributed by atoms with E-state index in [9.17, 15) is 9.59 Å². The summed E-state index contributed by atoms with van der Waals surface area (Å²) in [5.74, 6) is -0.654. The minimum absolute atomic E-state index is 0.287. The normalized spacial score (nSPS) is 10.9. The second kappa shape index (κ2) is 8.28. The summed E-state index contributed by atoms with van der Waals surface area (Å²) in [4.78, 5) is 27.1. The highest BCUT2D eigenvalue weighted by molar-refractivity contribution is 5.97. The molecule has 0 aliphatic heterocycles. The maximum absolute atomic E-state index is 12.1. The Hall–Kier alpha value is -2.89. The number of hydrogen-bond donors (Lipinski definition) is 2. The van der Waals surface area contributed by atoms with E-state index in [0.29, 0.717) is 29.1 Å². The van der Waals surface area contributed by atoms with Gasteiger partial charge in [0, 0.05) is 11.3 Å². The Morgan fingerprint density at radius 2 is 1.88 bits per heavy atom. The van der Waals surface area contributed by atoms with Crippen molar-refractivity contribution in [3.05, 3.63) is 57.9 Å². The molecule has 0 fully saturated rings. The summed E-state index contributed by atoms with van der Waals surface area (Å²) in [6.45, 7) is 7.75. The number of rotatable bonds is 6. The van der Waals surface area contributed by atoms with Crippen LogP contribution in [0.1, 0.15) is 57.1 Å². The molecule has 0 unspecified atom stereocenters. The molecule has 0 aliphatic carbocycles. The maximum Gasteiger partial charge on any atom is 0.340 e. The third-order valence-electron chi connectivity index (χ3n) is 3.94. The van der Waals surface area contributed by atoms with E-state index in [1.54, 1.807) is 26.0 Å². The standard InChI is InChI=1S/C19H23N3O3/c1-5-14-7-9-15(10-8-14)18(23)22-20-11-16-12(3)17(13(4)21-16)19(24)25-6-2/h7-11,21H,5-6H2,1-4H3,(H,22,23)/b20-11+. The summed E-state index contributed by atoms with van der Waals surface area (Å²) in [6.07, 6.45) is 2.41. The summed E-state index contributed by atoms with van der Waals surface area (Å²) in [7, 11) is 0. The topological polar surface area (TPSA) is 83.6 Å². The summed E-state index contributed by atoms with van der Waals surface area (Å²) >= 11 is 0. The molecule has 2 N–H and O–H groups in total. The van der Waals surface area contributed by atoms with Crippen LogP contribution < -0.4 is 5.43 Å². The SMILES string of the molecule is CCOC(=O)c1c(C)[nH]c(/C=N/NC(=O)c2ccc(CC)cc2)c1C. The molecule has 6 heteroatoms. The van der Waals surface area contributed by atoms with Gasteiger partial charge in [0.2, 0.25) is 0 Å². The van der Waals surface area contributed by atoms with Gasteiger partial charge in [0.25, 0.3) is 5.91 Å². The molecular formula is C19H23N3O3. The van der Waals surface area contributed by atoms with Crippen LogP contribution in [0.3, 0.4) is 0 Å². The first-order valence-electron chi connectivity index (χ1n) is 8.26. The maximum atomic E-state index is 12.1. The van der Waals surface area contributed by atoms with Crippen molar-refractivity contribution >= 4 is 18.1 Å². The molecule has 0 spiro atoms. The number of amides is 1. The molecule has 1 aromatic heterocycles. The van der Waals surface area contributed by atoms with Gasteiger partial charge in [-0.3, -0.25) is 4.79 Å². The van der Waals surface area contributed by atoms with E-state index in [-0.39, 0.29) is 11.9 Å². The quantitative estimate of drug-likeness (QED) is 0.481. The fourth-order valence-corrected chi connectivity index (χ4v) is 2.52. The number of benzene rings is 1. The van der Waals surface area contributed by atoms with Gasteiger partial charge in [-0.2, -0.15) is 5.10 Å². The number of H-pyrrole nitrogens is 1. The number of hydrazone groups is 1. The minimum atomic E-state index is -0.367. The predicted octanol–water partition coefficient (Wildman–Crippen LogP) is 3.13. The van der Waals surface area contributed by atoms with E-state index in [4.69, 9.17) is 4.74 Å². The average molecular weight is 341 g/mol. The zero-order valence-corrected chi connectivity index (χ0v) is 15.0. The lowest BCUT2D eigenvalue weighted by Gasteiger charge is -2.02. The highest BCUT2D eigenvalue weighted by Gasteiger charge is 2.18. The Labute approximate surface area is 147 Å². The Balaban J connectivity index is 2.07. The lowest BCUT2D eigenvalue weighted by atomic mass is 10.1. The molecular weight excluding hydrogens is 318 g/mol. The molecule has 0 atom stereocenters. The number of nitrogens with one attached hydrogen (secondary N) is 2. The number of nitrogens with zero attached hydrogens (tertiary/aromatic N) is 1. The van der Waals surface area contributed by atoms with Crippen molar-refractivity contribution in [3.8, 4) is 0 Å². The average Bonchev–Trinajstić information content (AvgIpc) is 2.89. The van der Waals surface area contributed by atoms with Crippen LogP contribution in [-0.4, -0.2) is 29.7 Å². The minimum Gasteiger partial charge on any atom is -0.462 e. The first-order valence-corrected chi connectivity index (χ1v) is 8.26. The van der Waals surface area contributed by atoms with Crippen molar-refractivity contribution in [2.75, 3.05) is 6.61 Å². The first kappa shape index (κ1) is 18.4. The summed E-state index contributed by atoms with van der Waals surface area (Å²) in [6, 6.07) is 7.38. The number of aromatic nitrogens is 1. The van der Waals surface area contributed by atoms with Crippen molar-refractivity contribution in [2.45, 2.75) is 34.1 Å². The van der Waals surface area contributed by atoms with E-state index in [1.165, 1.54) is 11.8 Å². The largest absolute Gasteiger partial charge is 0.462 e. The highest BCUT2D eigenvalue weighted by Crippen LogP contribution is 2.17. The molecule has 0 aliphatic rings. The number of carbonyl (C=O) groups excluding carboxylic acids is 2. The van der Waals surface area contributed by atoms with Gasteiger partial charge in [-0.15, -0.1) is 0 Å². The van der Waals surface area contributed by atoms with Gasteiger partial charge in [0.05, 0.1) is 24.1 Å². The Bertz CT molecular complexity index is 789. The Morgan fingerprint density at radius 1 is 1.20 bits per heavy atom. The van der Waals surface area contributed by atoms with E-state index >= 15 is 0 Å². The molecule has 0 radical (unpaired) electrons. The van der Waals surface area contributed by atoms with Crippen molar-refractivity contribution in [1.29, 1.82) is 0 Å². The highest BCUT2D eigenvalue weighted by atomic mass is 16.5. The van der Waals surface area contributed by atoms with E-state index in [2.05, 4.69) is 22.4 Å². The van der Waals surface area contributed by atoms with Crippen LogP contribution in [0.2, 0.25) is 0 Å². The van der Waals surface area contributed by atoms with Crippen molar-refractivity contribution in [2.24, 2.45) is 5.10 Å². The summed E-state index contributed by atoms with van der Waals surface area (Å²) in [5, 5.41) is 3.97. The summed E-state index contributed by atoms with van der Waals surface area (Å²) < 4.78 is 5.05. The van der Waals surface area contributed by atoms with Crippen molar-refractivity contribution in [3.63, 3.8) is 0 Å². The number of esters is 1. The number of hydrogen-bond acceptors (Lipinski definition) is 4. The van der Waals surface area contributed by atoms with Gasteiger partial charge in [-0.25, -0.2) is 10.2 Å². The lowest BCUT2D eigenvalue weighted by molar-refractivity contribution is 0.0525. The van der Waals surface area contributed by atoms with Crippen LogP contribution >= 0.6 is 0 Å². The lowest BCUT2D eigenvalue weighted by Crippen LogP contribution is -2.17. The monoisotopic (exact) mass is 341 g/mol. The fourth-order valence-electron chi connectivity index (χ4n) is 2.52. The Kier molecular flexibility index (Phi) is 6.11. The molecule has 2 rings (SSSR count). The van der Waals surface area contributed by atoms with Crippen molar-refractivity contribution < 1.29 is 14.3 Å². The second-order valence-electron chi connectivity index (χ2n) is 5.63. The van der Waals surface area contributed by atoms with Crippen LogP contribution in [0.5, 0.6) is 0 Å². The predicted molar refractivity (Wildman–Crippen MR) is 97.1 cm³/mol. The smallest absolute Gasteiger partial charge is 0.340 e. The van der Waals surface area contributed by atoms with Gasteiger partial charge >= 0.3 is 5.97 Å². The van der Waals surface area contributed by atoms with Gasteiger partial charge in [0.15, 0.2) is 0 Å². The third kappa shape index (κ3) is 4.35. The number of carbonyl (C=O) groups is 2. The third-order valence-corrected chi connectivity index (χ3v) is 3.94. The van der Waals surface area contributed by atoms with Gasteiger partial charge in [0.1, 0.15) is 0 Å². The first-order chi connectivity index (χ1) is 12.0. The van der Waals surface area contributed by atoms with Gasteiger partial charge in [-0.05, 0) is 50.5 Å². The fraction of sp³-hybridized carbons (Fsp3) is 0.316. The molecule has 1 amide bonds. The van der Waals surface area contributed by atoms with Crippen LogP contribution in [0.15, 0.2) is 29.4 Å². The molecule has 2 aromatic rings. The van der Waals surface area contributed by atoms with Crippen LogP contribution in [0, 0.1) is 13.8 Å². The van der Waals surface area contributed by atoms with Crippen molar-refractivity contribution in [1.82, 2.24) is 10.4 Å².